The minimum atomic E-state index is -0.348. The summed E-state index contributed by atoms with van der Waals surface area (Å²) in [5.74, 6) is 0. The first-order valence-electron chi connectivity index (χ1n) is 12.3. The van der Waals surface area contributed by atoms with Gasteiger partial charge in [0.05, 0.1) is 0 Å². The van der Waals surface area contributed by atoms with Gasteiger partial charge in [0, 0.05) is 0 Å². The van der Waals surface area contributed by atoms with Gasteiger partial charge >= 0.3 is 21.1 Å². The molecule has 4 rings (SSSR count). The molecule has 0 nitrogen and oxygen atoms in total. The van der Waals surface area contributed by atoms with Gasteiger partial charge in [-0.2, -0.15) is 12.8 Å². The minimum absolute atomic E-state index is 0. The van der Waals surface area contributed by atoms with Gasteiger partial charge in [-0.05, 0) is 49.4 Å². The van der Waals surface area contributed by atoms with Gasteiger partial charge in [-0.25, -0.2) is 0 Å². The monoisotopic (exact) mass is 703 g/mol. The van der Waals surface area contributed by atoms with E-state index in [-0.39, 0.29) is 36.9 Å². The van der Waals surface area contributed by atoms with Crippen molar-refractivity contribution in [2.45, 2.75) is 12.8 Å². The zero-order valence-corrected chi connectivity index (χ0v) is 25.6. The quantitative estimate of drug-likeness (QED) is 0.0941. The van der Waals surface area contributed by atoms with Crippen LogP contribution < -0.4 is 21.2 Å². The van der Waals surface area contributed by atoms with Crippen LogP contribution in [0.2, 0.25) is 0 Å². The molecule has 0 spiro atoms. The van der Waals surface area contributed by atoms with Crippen molar-refractivity contribution in [3.63, 3.8) is 0 Å². The van der Waals surface area contributed by atoms with Gasteiger partial charge in [-0.15, -0.1) is 25.3 Å². The van der Waals surface area contributed by atoms with Crippen LogP contribution in [0.3, 0.4) is 0 Å². The summed E-state index contributed by atoms with van der Waals surface area (Å²) in [6.07, 6.45) is 7.61. The normalized spacial score (nSPS) is 9.73. The van der Waals surface area contributed by atoms with Crippen LogP contribution in [-0.2, 0) is 21.1 Å². The first kappa shape index (κ1) is 32.9. The van der Waals surface area contributed by atoms with Gasteiger partial charge in [0.2, 0.25) is 0 Å². The first-order valence-corrected chi connectivity index (χ1v) is 15.4. The molecule has 0 atom stereocenters. The van der Waals surface area contributed by atoms with Crippen LogP contribution in [0.1, 0.15) is 12.8 Å². The van der Waals surface area contributed by atoms with E-state index in [9.17, 15) is 0 Å². The van der Waals surface area contributed by atoms with Crippen LogP contribution in [0.15, 0.2) is 147 Å². The SMILES string of the molecule is C=CC[CH2-].C=CC[CH2-].[Pt+2].c1ccc(P(CCP(c2ccccc2)c2ccccc2)c2ccccc2)cc1. The van der Waals surface area contributed by atoms with Crippen molar-refractivity contribution in [1.82, 2.24) is 0 Å². The van der Waals surface area contributed by atoms with Crippen molar-refractivity contribution in [3.8, 4) is 0 Å². The molecule has 0 saturated heterocycles. The zero-order chi connectivity index (χ0) is 25.8. The molecule has 0 amide bonds. The summed E-state index contributed by atoms with van der Waals surface area (Å²) < 4.78 is 0. The molecule has 0 aromatic heterocycles. The Kier molecular flexibility index (Phi) is 18.6. The van der Waals surface area contributed by atoms with E-state index in [1.165, 1.54) is 33.5 Å². The van der Waals surface area contributed by atoms with Crippen molar-refractivity contribution in [2.75, 3.05) is 12.3 Å². The predicted octanol–water partition coefficient (Wildman–Crippen LogP) is 8.04. The van der Waals surface area contributed by atoms with Gasteiger partial charge in [0.1, 0.15) is 0 Å². The fourth-order valence-corrected chi connectivity index (χ4v) is 8.80. The van der Waals surface area contributed by atoms with Crippen molar-refractivity contribution < 1.29 is 21.1 Å². The fourth-order valence-electron chi connectivity index (χ4n) is 3.45. The molecule has 0 aliphatic carbocycles. The second-order valence-corrected chi connectivity index (χ2v) is 12.5. The van der Waals surface area contributed by atoms with Crippen LogP contribution in [-0.4, -0.2) is 12.3 Å². The third-order valence-electron chi connectivity index (χ3n) is 5.23. The minimum Gasteiger partial charge on any atom is -0.340 e. The largest absolute Gasteiger partial charge is 2.00 e. The second-order valence-electron chi connectivity index (χ2n) is 7.80. The molecule has 0 aliphatic heterocycles. The van der Waals surface area contributed by atoms with E-state index in [0.29, 0.717) is 0 Å². The van der Waals surface area contributed by atoms with E-state index < -0.39 is 0 Å². The molecule has 0 saturated carbocycles. The standard InChI is InChI=1S/C26H24P2.2C4H7.Pt/c1-5-13-23(14-6-1)27(24-15-7-2-8-16-24)21-22-28(25-17-9-3-10-18-25)26-19-11-4-12-20-26;2*1-3-4-2;/h1-20H,21-22H2;2*3H,1-2,4H2;/q;2*-1;+2. The topological polar surface area (TPSA) is 0 Å². The van der Waals surface area contributed by atoms with Crippen LogP contribution >= 0.6 is 15.8 Å². The third-order valence-corrected chi connectivity index (χ3v) is 10.6. The van der Waals surface area contributed by atoms with Gasteiger partial charge in [-0.3, -0.25) is 0 Å². The average molecular weight is 704 g/mol. The Bertz CT molecular complexity index is 914. The number of allylic oxidation sites excluding steroid dienone is 2. The van der Waals surface area contributed by atoms with Crippen molar-refractivity contribution in [3.05, 3.63) is 160 Å². The molecule has 0 heterocycles. The predicted molar refractivity (Wildman–Crippen MR) is 168 cm³/mol. The Morgan fingerprint density at radius 2 is 0.649 bits per heavy atom. The second kappa shape index (κ2) is 20.9. The summed E-state index contributed by atoms with van der Waals surface area (Å²) in [6.45, 7) is 13.8. The molecule has 3 heteroatoms. The molecule has 0 N–H and O–H groups in total. The molecule has 194 valence electrons. The fraction of sp³-hybridized carbons (Fsp3) is 0.118. The van der Waals surface area contributed by atoms with E-state index >= 15 is 0 Å². The van der Waals surface area contributed by atoms with E-state index in [4.69, 9.17) is 0 Å². The summed E-state index contributed by atoms with van der Waals surface area (Å²) in [7, 11) is -0.696. The van der Waals surface area contributed by atoms with E-state index in [2.05, 4.69) is 148 Å². The maximum absolute atomic E-state index is 3.49. The Balaban J connectivity index is 0.000000671. The molecular weight excluding hydrogens is 665 g/mol. The molecule has 0 fully saturated rings. The number of rotatable bonds is 9. The summed E-state index contributed by atoms with van der Waals surface area (Å²) >= 11 is 0. The number of benzene rings is 4. The van der Waals surface area contributed by atoms with Crippen molar-refractivity contribution in [1.29, 1.82) is 0 Å². The average Bonchev–Trinajstić information content (AvgIpc) is 2.97. The number of hydrogen-bond donors (Lipinski definition) is 0. The van der Waals surface area contributed by atoms with Crippen LogP contribution in [0, 0.1) is 13.8 Å². The van der Waals surface area contributed by atoms with Gasteiger partial charge in [0.15, 0.2) is 0 Å². The van der Waals surface area contributed by atoms with E-state index in [1.54, 1.807) is 12.2 Å². The van der Waals surface area contributed by atoms with E-state index in [0.717, 1.165) is 12.8 Å². The van der Waals surface area contributed by atoms with Crippen LogP contribution in [0.5, 0.6) is 0 Å². The van der Waals surface area contributed by atoms with Gasteiger partial charge in [0.25, 0.3) is 0 Å². The summed E-state index contributed by atoms with van der Waals surface area (Å²) in [6, 6.07) is 44.2. The molecule has 0 unspecified atom stereocenters. The summed E-state index contributed by atoms with van der Waals surface area (Å²) in [5, 5.41) is 5.89. The molecule has 4 aromatic carbocycles. The van der Waals surface area contributed by atoms with Crippen molar-refractivity contribution in [2.24, 2.45) is 0 Å². The zero-order valence-electron chi connectivity index (χ0n) is 21.6. The molecule has 4 aromatic rings. The summed E-state index contributed by atoms with van der Waals surface area (Å²) in [5.41, 5.74) is 0. The number of hydrogen-bond acceptors (Lipinski definition) is 0. The summed E-state index contributed by atoms with van der Waals surface area (Å²) in [4.78, 5) is 0. The van der Waals surface area contributed by atoms with Gasteiger partial charge < -0.3 is 13.8 Å². The van der Waals surface area contributed by atoms with Gasteiger partial charge in [-0.1, -0.05) is 121 Å². The Morgan fingerprint density at radius 3 is 0.811 bits per heavy atom. The maximum Gasteiger partial charge on any atom is 2.00 e. The molecular formula is C34H38P2Pt. The Labute approximate surface area is 242 Å². The Hall–Kier alpha value is -2.09. The smallest absolute Gasteiger partial charge is 0.340 e. The first-order chi connectivity index (χ1) is 17.7. The molecule has 0 radical (unpaired) electrons. The van der Waals surface area contributed by atoms with Crippen LogP contribution in [0.4, 0.5) is 0 Å². The van der Waals surface area contributed by atoms with E-state index in [1.807, 2.05) is 0 Å². The molecule has 0 aliphatic rings. The maximum atomic E-state index is 3.49. The molecule has 0 bridgehead atoms. The molecule has 37 heavy (non-hydrogen) atoms. The Morgan fingerprint density at radius 1 is 0.459 bits per heavy atom. The third kappa shape index (κ3) is 12.3. The van der Waals surface area contributed by atoms with Crippen LogP contribution in [0.25, 0.3) is 0 Å². The van der Waals surface area contributed by atoms with Crippen molar-refractivity contribution >= 4 is 37.1 Å².